The van der Waals surface area contributed by atoms with Crippen LogP contribution < -0.4 is 15.4 Å². The Balaban J connectivity index is 2.32. The van der Waals surface area contributed by atoms with Crippen molar-refractivity contribution in [3.8, 4) is 5.75 Å². The second-order valence-corrected chi connectivity index (χ2v) is 5.64. The van der Waals surface area contributed by atoms with Gasteiger partial charge in [0, 0.05) is 12.1 Å². The molecule has 0 saturated heterocycles. The number of aryl methyl sites for hydroxylation is 2. The molecule has 0 saturated carbocycles. The van der Waals surface area contributed by atoms with Crippen molar-refractivity contribution in [2.45, 2.75) is 33.7 Å². The van der Waals surface area contributed by atoms with Gasteiger partial charge in [0.1, 0.15) is 23.1 Å². The molecule has 1 heterocycles. The molecule has 0 unspecified atom stereocenters. The summed E-state index contributed by atoms with van der Waals surface area (Å²) in [6.45, 7) is 7.56. The van der Waals surface area contributed by atoms with Gasteiger partial charge in [0.25, 0.3) is 5.91 Å². The monoisotopic (exact) mass is 314 g/mol. The number of hydrogen-bond acceptors (Lipinski definition) is 5. The number of aromatic nitrogens is 2. The number of rotatable bonds is 5. The van der Waals surface area contributed by atoms with Gasteiger partial charge < -0.3 is 15.4 Å². The second-order valence-electron chi connectivity index (χ2n) is 5.64. The van der Waals surface area contributed by atoms with Crippen molar-refractivity contribution in [2.75, 3.05) is 12.4 Å². The summed E-state index contributed by atoms with van der Waals surface area (Å²) < 4.78 is 5.35. The predicted molar refractivity (Wildman–Crippen MR) is 90.4 cm³/mol. The van der Waals surface area contributed by atoms with Crippen LogP contribution in [0.25, 0.3) is 0 Å². The third-order valence-electron chi connectivity index (χ3n) is 3.11. The van der Waals surface area contributed by atoms with E-state index in [0.29, 0.717) is 23.1 Å². The van der Waals surface area contributed by atoms with Crippen LogP contribution in [0.3, 0.4) is 0 Å². The molecular weight excluding hydrogens is 292 g/mol. The fraction of sp³-hybridized carbons (Fsp3) is 0.353. The van der Waals surface area contributed by atoms with E-state index in [1.54, 1.807) is 20.1 Å². The summed E-state index contributed by atoms with van der Waals surface area (Å²) in [7, 11) is 1.61. The first-order chi connectivity index (χ1) is 10.9. The minimum absolute atomic E-state index is 0.0473. The van der Waals surface area contributed by atoms with Gasteiger partial charge in [-0.15, -0.1) is 0 Å². The van der Waals surface area contributed by atoms with Crippen LogP contribution in [0.1, 0.15) is 35.7 Å². The lowest BCUT2D eigenvalue weighted by atomic mass is 10.2. The van der Waals surface area contributed by atoms with Crippen molar-refractivity contribution in [1.29, 1.82) is 0 Å². The van der Waals surface area contributed by atoms with Crippen molar-refractivity contribution in [3.05, 3.63) is 41.3 Å². The number of amides is 1. The van der Waals surface area contributed by atoms with Crippen molar-refractivity contribution in [3.63, 3.8) is 0 Å². The lowest BCUT2D eigenvalue weighted by Crippen LogP contribution is -2.31. The maximum Gasteiger partial charge on any atom is 0.270 e. The number of hydrogen-bond donors (Lipinski definition) is 2. The predicted octanol–water partition coefficient (Wildman–Crippen LogP) is 2.98. The molecule has 0 aliphatic heterocycles. The molecule has 23 heavy (non-hydrogen) atoms. The molecule has 0 aliphatic rings. The summed E-state index contributed by atoms with van der Waals surface area (Å²) in [6, 6.07) is 7.50. The van der Waals surface area contributed by atoms with E-state index in [4.69, 9.17) is 4.74 Å². The minimum Gasteiger partial charge on any atom is -0.495 e. The number of carbonyl (C=O) groups excluding carboxylic acids is 1. The van der Waals surface area contributed by atoms with Gasteiger partial charge in [0.05, 0.1) is 12.8 Å². The molecule has 0 atom stereocenters. The van der Waals surface area contributed by atoms with E-state index in [1.807, 2.05) is 39.0 Å². The number of nitrogens with zero attached hydrogens (tertiary/aromatic N) is 2. The van der Waals surface area contributed by atoms with Crippen LogP contribution in [0.2, 0.25) is 0 Å². The highest BCUT2D eigenvalue weighted by molar-refractivity contribution is 5.93. The number of benzene rings is 1. The number of methoxy groups -OCH3 is 1. The normalized spacial score (nSPS) is 10.5. The van der Waals surface area contributed by atoms with Gasteiger partial charge >= 0.3 is 0 Å². The average molecular weight is 314 g/mol. The highest BCUT2D eigenvalue weighted by Gasteiger charge is 2.12. The standard InChI is InChI=1S/C17H22N4O2/c1-10(2)18-17(22)14-9-16(20-12(4)19-14)21-13-8-11(3)6-7-15(13)23-5/h6-10H,1-5H3,(H,18,22)(H,19,20,21). The summed E-state index contributed by atoms with van der Waals surface area (Å²) in [5.74, 6) is 1.57. The molecule has 1 amide bonds. The molecule has 0 aliphatic carbocycles. The van der Waals surface area contributed by atoms with Crippen molar-refractivity contribution in [1.82, 2.24) is 15.3 Å². The van der Waals surface area contributed by atoms with Crippen LogP contribution in [-0.2, 0) is 0 Å². The first-order valence-electron chi connectivity index (χ1n) is 7.47. The van der Waals surface area contributed by atoms with Crippen LogP contribution in [0.4, 0.5) is 11.5 Å². The lowest BCUT2D eigenvalue weighted by Gasteiger charge is -2.13. The van der Waals surface area contributed by atoms with Crippen LogP contribution >= 0.6 is 0 Å². The Morgan fingerprint density at radius 1 is 1.17 bits per heavy atom. The first-order valence-corrected chi connectivity index (χ1v) is 7.47. The van der Waals surface area contributed by atoms with Crippen LogP contribution in [-0.4, -0.2) is 29.0 Å². The summed E-state index contributed by atoms with van der Waals surface area (Å²) in [5.41, 5.74) is 2.22. The molecule has 1 aromatic heterocycles. The van der Waals surface area contributed by atoms with Crippen molar-refractivity contribution < 1.29 is 9.53 Å². The zero-order valence-corrected chi connectivity index (χ0v) is 14.1. The van der Waals surface area contributed by atoms with E-state index in [9.17, 15) is 4.79 Å². The van der Waals surface area contributed by atoms with E-state index >= 15 is 0 Å². The second kappa shape index (κ2) is 7.09. The number of carbonyl (C=O) groups is 1. The fourth-order valence-electron chi connectivity index (χ4n) is 2.14. The highest BCUT2D eigenvalue weighted by Crippen LogP contribution is 2.28. The van der Waals surface area contributed by atoms with Crippen LogP contribution in [0.15, 0.2) is 24.3 Å². The van der Waals surface area contributed by atoms with Gasteiger partial charge in [-0.2, -0.15) is 0 Å². The summed E-state index contributed by atoms with van der Waals surface area (Å²) in [4.78, 5) is 20.7. The van der Waals surface area contributed by atoms with Crippen molar-refractivity contribution in [2.24, 2.45) is 0 Å². The van der Waals surface area contributed by atoms with E-state index in [0.717, 1.165) is 11.3 Å². The van der Waals surface area contributed by atoms with Gasteiger partial charge in [0.2, 0.25) is 0 Å². The fourth-order valence-corrected chi connectivity index (χ4v) is 2.14. The van der Waals surface area contributed by atoms with Crippen LogP contribution in [0.5, 0.6) is 5.75 Å². The molecule has 2 N–H and O–H groups in total. The van der Waals surface area contributed by atoms with Gasteiger partial charge in [-0.3, -0.25) is 4.79 Å². The first kappa shape index (κ1) is 16.7. The van der Waals surface area contributed by atoms with E-state index in [1.165, 1.54) is 0 Å². The van der Waals surface area contributed by atoms with E-state index in [2.05, 4.69) is 20.6 Å². The highest BCUT2D eigenvalue weighted by atomic mass is 16.5. The Hall–Kier alpha value is -2.63. The van der Waals surface area contributed by atoms with Gasteiger partial charge in [-0.1, -0.05) is 6.07 Å². The Kier molecular flexibility index (Phi) is 5.16. The molecule has 0 bridgehead atoms. The Morgan fingerprint density at radius 2 is 1.91 bits per heavy atom. The third kappa shape index (κ3) is 4.42. The molecule has 6 nitrogen and oxygen atoms in total. The maximum atomic E-state index is 12.1. The summed E-state index contributed by atoms with van der Waals surface area (Å²) in [5, 5.41) is 6.02. The van der Waals surface area contributed by atoms with Gasteiger partial charge in [0.15, 0.2) is 0 Å². The summed E-state index contributed by atoms with van der Waals surface area (Å²) >= 11 is 0. The van der Waals surface area contributed by atoms with Crippen LogP contribution in [0, 0.1) is 13.8 Å². The quantitative estimate of drug-likeness (QED) is 0.887. The Labute approximate surface area is 136 Å². The molecule has 122 valence electrons. The zero-order chi connectivity index (χ0) is 17.0. The summed E-state index contributed by atoms with van der Waals surface area (Å²) in [6.07, 6.45) is 0. The van der Waals surface area contributed by atoms with E-state index < -0.39 is 0 Å². The number of anilines is 2. The topological polar surface area (TPSA) is 76.1 Å². The molecular formula is C17H22N4O2. The number of ether oxygens (including phenoxy) is 1. The Bertz CT molecular complexity index is 714. The molecule has 2 aromatic rings. The lowest BCUT2D eigenvalue weighted by molar-refractivity contribution is 0.0937. The molecule has 0 radical (unpaired) electrons. The molecule has 0 spiro atoms. The molecule has 0 fully saturated rings. The largest absolute Gasteiger partial charge is 0.495 e. The van der Waals surface area contributed by atoms with Gasteiger partial charge in [-0.25, -0.2) is 9.97 Å². The SMILES string of the molecule is COc1ccc(C)cc1Nc1cc(C(=O)NC(C)C)nc(C)n1. The average Bonchev–Trinajstić information content (AvgIpc) is 2.46. The minimum atomic E-state index is -0.218. The molecule has 6 heteroatoms. The molecule has 2 rings (SSSR count). The van der Waals surface area contributed by atoms with Gasteiger partial charge in [-0.05, 0) is 45.4 Å². The molecule has 1 aromatic carbocycles. The third-order valence-corrected chi connectivity index (χ3v) is 3.11. The van der Waals surface area contributed by atoms with E-state index in [-0.39, 0.29) is 11.9 Å². The smallest absolute Gasteiger partial charge is 0.270 e. The Morgan fingerprint density at radius 3 is 2.57 bits per heavy atom. The zero-order valence-electron chi connectivity index (χ0n) is 14.1. The van der Waals surface area contributed by atoms with Crippen molar-refractivity contribution >= 4 is 17.4 Å². The number of nitrogens with one attached hydrogen (secondary N) is 2. The maximum absolute atomic E-state index is 12.1.